The summed E-state index contributed by atoms with van der Waals surface area (Å²) in [4.78, 5) is 28.0. The SMILES string of the molecule is CCC(C)NC(=O)C(C)N(Cc1cccc(Br)c1)C(=O)CN(c1ccc2c(c1)OCCO2)S(C)(=O)=O. The zero-order valence-electron chi connectivity index (χ0n) is 20.9. The Morgan fingerprint density at radius 3 is 2.42 bits per heavy atom. The minimum atomic E-state index is -3.84. The minimum absolute atomic E-state index is 0.0620. The van der Waals surface area contributed by atoms with Crippen LogP contribution in [0.15, 0.2) is 46.9 Å². The van der Waals surface area contributed by atoms with Gasteiger partial charge in [-0.1, -0.05) is 35.0 Å². The van der Waals surface area contributed by atoms with Gasteiger partial charge in [0.25, 0.3) is 0 Å². The van der Waals surface area contributed by atoms with Crippen LogP contribution in [0.5, 0.6) is 11.5 Å². The van der Waals surface area contributed by atoms with Crippen LogP contribution in [0.2, 0.25) is 0 Å². The summed E-state index contributed by atoms with van der Waals surface area (Å²) in [5.74, 6) is 0.101. The molecule has 0 bridgehead atoms. The van der Waals surface area contributed by atoms with Crippen LogP contribution in [-0.2, 0) is 26.2 Å². The quantitative estimate of drug-likeness (QED) is 0.461. The van der Waals surface area contributed by atoms with Crippen molar-refractivity contribution in [3.63, 3.8) is 0 Å². The van der Waals surface area contributed by atoms with E-state index in [0.29, 0.717) is 24.7 Å². The number of fused-ring (bicyclic) bond motifs is 1. The smallest absolute Gasteiger partial charge is 0.244 e. The van der Waals surface area contributed by atoms with Crippen molar-refractivity contribution in [1.82, 2.24) is 10.2 Å². The lowest BCUT2D eigenvalue weighted by Crippen LogP contribution is -2.52. The number of sulfonamides is 1. The van der Waals surface area contributed by atoms with E-state index in [-0.39, 0.29) is 24.2 Å². The number of amides is 2. The number of nitrogens with one attached hydrogen (secondary N) is 1. The number of hydrogen-bond acceptors (Lipinski definition) is 6. The van der Waals surface area contributed by atoms with Crippen LogP contribution in [0.4, 0.5) is 5.69 Å². The van der Waals surface area contributed by atoms with Gasteiger partial charge in [0.1, 0.15) is 25.8 Å². The lowest BCUT2D eigenvalue weighted by Gasteiger charge is -2.32. The van der Waals surface area contributed by atoms with Gasteiger partial charge in [-0.2, -0.15) is 0 Å². The fraction of sp³-hybridized carbons (Fsp3) is 0.440. The molecule has 2 amide bonds. The number of nitrogens with zero attached hydrogens (tertiary/aromatic N) is 2. The topological polar surface area (TPSA) is 105 Å². The third-order valence-corrected chi connectivity index (χ3v) is 7.54. The van der Waals surface area contributed by atoms with Crippen LogP contribution in [0, 0.1) is 0 Å². The van der Waals surface area contributed by atoms with Gasteiger partial charge in [0.05, 0.1) is 11.9 Å². The van der Waals surface area contributed by atoms with Gasteiger partial charge >= 0.3 is 0 Å². The fourth-order valence-corrected chi connectivity index (χ4v) is 4.97. The van der Waals surface area contributed by atoms with E-state index in [2.05, 4.69) is 21.2 Å². The standard InChI is InChI=1S/C25H32BrN3O6S/c1-5-17(2)27-25(31)18(3)28(15-19-7-6-8-20(26)13-19)24(30)16-29(36(4,32)33)21-9-10-22-23(14-21)35-12-11-34-22/h6-10,13-14,17-18H,5,11-12,15-16H2,1-4H3,(H,27,31). The van der Waals surface area contributed by atoms with Gasteiger partial charge in [0.2, 0.25) is 21.8 Å². The number of anilines is 1. The third kappa shape index (κ3) is 7.13. The van der Waals surface area contributed by atoms with E-state index >= 15 is 0 Å². The van der Waals surface area contributed by atoms with Gasteiger partial charge in [-0.25, -0.2) is 8.42 Å². The molecule has 2 aromatic carbocycles. The summed E-state index contributed by atoms with van der Waals surface area (Å²) in [5, 5.41) is 2.91. The Hall–Kier alpha value is -2.79. The Morgan fingerprint density at radius 1 is 1.08 bits per heavy atom. The number of halogens is 1. The number of hydrogen-bond donors (Lipinski definition) is 1. The molecular weight excluding hydrogens is 550 g/mol. The molecule has 0 spiro atoms. The largest absolute Gasteiger partial charge is 0.486 e. The summed E-state index contributed by atoms with van der Waals surface area (Å²) in [5.41, 5.74) is 1.07. The van der Waals surface area contributed by atoms with Crippen molar-refractivity contribution in [1.29, 1.82) is 0 Å². The molecule has 0 saturated heterocycles. The van der Waals surface area contributed by atoms with Crippen LogP contribution in [-0.4, -0.2) is 63.2 Å². The predicted molar refractivity (Wildman–Crippen MR) is 142 cm³/mol. The lowest BCUT2D eigenvalue weighted by atomic mass is 10.1. The van der Waals surface area contributed by atoms with Gasteiger partial charge < -0.3 is 19.7 Å². The first kappa shape index (κ1) is 27.8. The molecule has 196 valence electrons. The Balaban J connectivity index is 1.91. The molecule has 1 aliphatic heterocycles. The highest BCUT2D eigenvalue weighted by Crippen LogP contribution is 2.34. The molecule has 3 rings (SSSR count). The third-order valence-electron chi connectivity index (χ3n) is 5.90. The molecule has 1 aliphatic rings. The number of benzene rings is 2. The minimum Gasteiger partial charge on any atom is -0.486 e. The monoisotopic (exact) mass is 581 g/mol. The molecule has 2 atom stereocenters. The van der Waals surface area contributed by atoms with E-state index in [0.717, 1.165) is 27.0 Å². The van der Waals surface area contributed by atoms with E-state index < -0.39 is 28.5 Å². The molecule has 36 heavy (non-hydrogen) atoms. The van der Waals surface area contributed by atoms with Crippen molar-refractivity contribution in [2.45, 2.75) is 45.8 Å². The average Bonchev–Trinajstić information content (AvgIpc) is 2.84. The van der Waals surface area contributed by atoms with E-state index in [1.807, 2.05) is 38.1 Å². The van der Waals surface area contributed by atoms with Crippen molar-refractivity contribution in [2.24, 2.45) is 0 Å². The summed E-state index contributed by atoms with van der Waals surface area (Å²) in [7, 11) is -3.84. The molecule has 2 aromatic rings. The molecule has 0 aromatic heterocycles. The van der Waals surface area contributed by atoms with E-state index in [4.69, 9.17) is 9.47 Å². The second-order valence-electron chi connectivity index (χ2n) is 8.74. The van der Waals surface area contributed by atoms with Crippen molar-refractivity contribution in [3.8, 4) is 11.5 Å². The summed E-state index contributed by atoms with van der Waals surface area (Å²) in [6.45, 7) is 5.89. The van der Waals surface area contributed by atoms with Crippen LogP contribution in [0.3, 0.4) is 0 Å². The van der Waals surface area contributed by atoms with Crippen molar-refractivity contribution < 1.29 is 27.5 Å². The van der Waals surface area contributed by atoms with Crippen LogP contribution < -0.4 is 19.1 Å². The highest BCUT2D eigenvalue weighted by atomic mass is 79.9. The van der Waals surface area contributed by atoms with Crippen LogP contribution in [0.25, 0.3) is 0 Å². The first-order chi connectivity index (χ1) is 17.0. The molecule has 0 fully saturated rings. The number of ether oxygens (including phenoxy) is 2. The molecule has 2 unspecified atom stereocenters. The summed E-state index contributed by atoms with van der Waals surface area (Å²) in [6.07, 6.45) is 1.78. The maximum absolute atomic E-state index is 13.6. The lowest BCUT2D eigenvalue weighted by molar-refractivity contribution is -0.139. The molecule has 1 N–H and O–H groups in total. The molecule has 0 radical (unpaired) electrons. The fourth-order valence-electron chi connectivity index (χ4n) is 3.68. The number of carbonyl (C=O) groups excluding carboxylic acids is 2. The molecular formula is C25H32BrN3O6S. The van der Waals surface area contributed by atoms with Crippen molar-refractivity contribution in [2.75, 3.05) is 30.3 Å². The Bertz CT molecular complexity index is 1210. The van der Waals surface area contributed by atoms with E-state index in [1.54, 1.807) is 25.1 Å². The Labute approximate surface area is 220 Å². The number of rotatable bonds is 10. The van der Waals surface area contributed by atoms with E-state index in [1.165, 1.54) is 4.90 Å². The predicted octanol–water partition coefficient (Wildman–Crippen LogP) is 3.32. The number of carbonyl (C=O) groups is 2. The zero-order valence-corrected chi connectivity index (χ0v) is 23.3. The average molecular weight is 583 g/mol. The van der Waals surface area contributed by atoms with Crippen LogP contribution in [0.1, 0.15) is 32.8 Å². The molecule has 0 aliphatic carbocycles. The molecule has 1 heterocycles. The summed E-state index contributed by atoms with van der Waals surface area (Å²) < 4.78 is 38.4. The second kappa shape index (κ2) is 12.0. The first-order valence-electron chi connectivity index (χ1n) is 11.7. The van der Waals surface area contributed by atoms with Gasteiger partial charge in [0, 0.05) is 23.1 Å². The van der Waals surface area contributed by atoms with Gasteiger partial charge in [-0.3, -0.25) is 13.9 Å². The van der Waals surface area contributed by atoms with Crippen molar-refractivity contribution in [3.05, 3.63) is 52.5 Å². The van der Waals surface area contributed by atoms with E-state index in [9.17, 15) is 18.0 Å². The highest BCUT2D eigenvalue weighted by molar-refractivity contribution is 9.10. The van der Waals surface area contributed by atoms with Gasteiger partial charge in [-0.15, -0.1) is 0 Å². The highest BCUT2D eigenvalue weighted by Gasteiger charge is 2.31. The maximum atomic E-state index is 13.6. The maximum Gasteiger partial charge on any atom is 0.244 e. The summed E-state index contributed by atoms with van der Waals surface area (Å²) >= 11 is 3.43. The van der Waals surface area contributed by atoms with Gasteiger partial charge in [-0.05, 0) is 50.1 Å². The van der Waals surface area contributed by atoms with Gasteiger partial charge in [0.15, 0.2) is 11.5 Å². The molecule has 0 saturated carbocycles. The Kier molecular flexibility index (Phi) is 9.24. The molecule has 11 heteroatoms. The Morgan fingerprint density at radius 2 is 1.78 bits per heavy atom. The summed E-state index contributed by atoms with van der Waals surface area (Å²) in [6, 6.07) is 11.2. The van der Waals surface area contributed by atoms with Crippen LogP contribution >= 0.6 is 15.9 Å². The normalized spacial score (nSPS) is 14.5. The zero-order chi connectivity index (χ0) is 26.5. The molecule has 9 nitrogen and oxygen atoms in total. The first-order valence-corrected chi connectivity index (χ1v) is 14.4. The second-order valence-corrected chi connectivity index (χ2v) is 11.6. The van der Waals surface area contributed by atoms with Crippen molar-refractivity contribution >= 4 is 43.5 Å².